The molecule has 4 nitrogen and oxygen atoms in total. The fraction of sp³-hybridized carbons (Fsp3) is 0.400. The van der Waals surface area contributed by atoms with Crippen LogP contribution in [0.1, 0.15) is 17.2 Å². The predicted molar refractivity (Wildman–Crippen MR) is 97.8 cm³/mol. The Labute approximate surface area is 144 Å². The molecule has 4 heteroatoms. The van der Waals surface area contributed by atoms with Crippen LogP contribution in [0.3, 0.4) is 0 Å². The number of β-amino-alcohol motifs (C(OH)–C–C–N with tert-alkyl or cyclic N) is 1. The van der Waals surface area contributed by atoms with Gasteiger partial charge in [-0.2, -0.15) is 0 Å². The average molecular weight is 326 g/mol. The van der Waals surface area contributed by atoms with Gasteiger partial charge in [-0.15, -0.1) is 0 Å². The van der Waals surface area contributed by atoms with E-state index in [1.807, 2.05) is 24.3 Å². The molecule has 1 saturated heterocycles. The molecule has 2 aromatic rings. The van der Waals surface area contributed by atoms with Crippen molar-refractivity contribution in [2.24, 2.45) is 0 Å². The summed E-state index contributed by atoms with van der Waals surface area (Å²) in [6.07, 6.45) is -0.457. The van der Waals surface area contributed by atoms with Crippen LogP contribution in [-0.2, 0) is 0 Å². The minimum absolute atomic E-state index is 0.457. The van der Waals surface area contributed by atoms with Gasteiger partial charge in [-0.25, -0.2) is 0 Å². The van der Waals surface area contributed by atoms with E-state index >= 15 is 0 Å². The van der Waals surface area contributed by atoms with Crippen LogP contribution in [0.4, 0.5) is 5.69 Å². The van der Waals surface area contributed by atoms with E-state index in [4.69, 9.17) is 4.74 Å². The van der Waals surface area contributed by atoms with Crippen molar-refractivity contribution in [1.82, 2.24) is 4.90 Å². The predicted octanol–water partition coefficient (Wildman–Crippen LogP) is 2.86. The number of benzene rings is 2. The number of nitrogens with zero attached hydrogens (tertiary/aromatic N) is 2. The summed E-state index contributed by atoms with van der Waals surface area (Å²) >= 11 is 0. The summed E-state index contributed by atoms with van der Waals surface area (Å²) in [4.78, 5) is 4.77. The molecule has 0 spiro atoms. The maximum Gasteiger partial charge on any atom is 0.118 e. The monoisotopic (exact) mass is 326 g/mol. The standard InChI is InChI=1S/C20H26N2O2/c1-16-5-3-4-6-19(16)22-13-11-21(12-14-22)15-20(23)17-7-9-18(24-2)10-8-17/h3-10,20,23H,11-15H2,1-2H3/t20-/m1/s1. The van der Waals surface area contributed by atoms with E-state index in [-0.39, 0.29) is 0 Å². The van der Waals surface area contributed by atoms with Crippen LogP contribution in [0.5, 0.6) is 5.75 Å². The zero-order valence-corrected chi connectivity index (χ0v) is 14.5. The van der Waals surface area contributed by atoms with E-state index in [0.29, 0.717) is 6.54 Å². The summed E-state index contributed by atoms with van der Waals surface area (Å²) in [5.74, 6) is 0.817. The van der Waals surface area contributed by atoms with Crippen LogP contribution in [0, 0.1) is 6.92 Å². The molecule has 1 aliphatic heterocycles. The van der Waals surface area contributed by atoms with Gasteiger partial charge in [0, 0.05) is 38.4 Å². The largest absolute Gasteiger partial charge is 0.497 e. The molecule has 24 heavy (non-hydrogen) atoms. The lowest BCUT2D eigenvalue weighted by molar-refractivity contribution is 0.109. The molecule has 1 aliphatic rings. The van der Waals surface area contributed by atoms with Crippen LogP contribution in [-0.4, -0.2) is 49.8 Å². The van der Waals surface area contributed by atoms with Crippen molar-refractivity contribution >= 4 is 5.69 Å². The number of piperazine rings is 1. The fourth-order valence-electron chi connectivity index (χ4n) is 3.27. The number of ether oxygens (including phenoxy) is 1. The first-order valence-electron chi connectivity index (χ1n) is 8.52. The molecule has 0 aromatic heterocycles. The second kappa shape index (κ2) is 7.69. The molecule has 1 heterocycles. The van der Waals surface area contributed by atoms with Crippen molar-refractivity contribution in [3.63, 3.8) is 0 Å². The maximum atomic E-state index is 10.5. The molecule has 0 radical (unpaired) electrons. The Balaban J connectivity index is 1.54. The Bertz CT molecular complexity index is 649. The van der Waals surface area contributed by atoms with Gasteiger partial charge in [0.15, 0.2) is 0 Å². The van der Waals surface area contributed by atoms with Crippen LogP contribution in [0.2, 0.25) is 0 Å². The van der Waals surface area contributed by atoms with Crippen LogP contribution in [0.15, 0.2) is 48.5 Å². The fourth-order valence-corrected chi connectivity index (χ4v) is 3.27. The molecule has 0 unspecified atom stereocenters. The van der Waals surface area contributed by atoms with Gasteiger partial charge in [0.25, 0.3) is 0 Å². The number of hydrogen-bond acceptors (Lipinski definition) is 4. The van der Waals surface area contributed by atoms with Gasteiger partial charge in [0.1, 0.15) is 5.75 Å². The highest BCUT2D eigenvalue weighted by atomic mass is 16.5. The Morgan fingerprint density at radius 2 is 1.67 bits per heavy atom. The number of aliphatic hydroxyl groups is 1. The number of methoxy groups -OCH3 is 1. The van der Waals surface area contributed by atoms with Crippen molar-refractivity contribution in [3.05, 3.63) is 59.7 Å². The quantitative estimate of drug-likeness (QED) is 0.916. The van der Waals surface area contributed by atoms with E-state index in [0.717, 1.165) is 37.5 Å². The molecule has 0 bridgehead atoms. The molecule has 0 aliphatic carbocycles. The summed E-state index contributed by atoms with van der Waals surface area (Å²) in [5.41, 5.74) is 3.59. The number of aryl methyl sites for hydroxylation is 1. The van der Waals surface area contributed by atoms with Crippen molar-refractivity contribution in [1.29, 1.82) is 0 Å². The van der Waals surface area contributed by atoms with E-state index in [2.05, 4.69) is 41.0 Å². The van der Waals surface area contributed by atoms with Crippen LogP contribution >= 0.6 is 0 Å². The minimum atomic E-state index is -0.457. The lowest BCUT2D eigenvalue weighted by Crippen LogP contribution is -2.47. The molecule has 0 amide bonds. The summed E-state index contributed by atoms with van der Waals surface area (Å²) in [5, 5.41) is 10.5. The lowest BCUT2D eigenvalue weighted by Gasteiger charge is -2.37. The molecule has 1 fully saturated rings. The third-order valence-electron chi connectivity index (χ3n) is 4.76. The Morgan fingerprint density at radius 3 is 2.29 bits per heavy atom. The third-order valence-corrected chi connectivity index (χ3v) is 4.76. The smallest absolute Gasteiger partial charge is 0.118 e. The topological polar surface area (TPSA) is 35.9 Å². The van der Waals surface area contributed by atoms with Crippen LogP contribution < -0.4 is 9.64 Å². The first kappa shape index (κ1) is 16.8. The second-order valence-corrected chi connectivity index (χ2v) is 6.36. The zero-order valence-electron chi connectivity index (χ0n) is 14.5. The van der Waals surface area contributed by atoms with Crippen molar-refractivity contribution in [2.75, 3.05) is 44.7 Å². The van der Waals surface area contributed by atoms with E-state index < -0.39 is 6.10 Å². The lowest BCUT2D eigenvalue weighted by atomic mass is 10.1. The van der Waals surface area contributed by atoms with Gasteiger partial charge in [0.2, 0.25) is 0 Å². The van der Waals surface area contributed by atoms with Gasteiger partial charge >= 0.3 is 0 Å². The SMILES string of the molecule is COc1ccc([C@H](O)CN2CCN(c3ccccc3C)CC2)cc1. The normalized spacial score (nSPS) is 16.9. The summed E-state index contributed by atoms with van der Waals surface area (Å²) < 4.78 is 5.16. The molecule has 128 valence electrons. The summed E-state index contributed by atoms with van der Waals surface area (Å²) in [6.45, 7) is 6.78. The highest BCUT2D eigenvalue weighted by Gasteiger charge is 2.20. The molecule has 0 saturated carbocycles. The number of anilines is 1. The molecule has 1 N–H and O–H groups in total. The number of aliphatic hydroxyl groups excluding tert-OH is 1. The number of rotatable bonds is 5. The first-order valence-corrected chi connectivity index (χ1v) is 8.52. The van der Waals surface area contributed by atoms with Gasteiger partial charge in [-0.3, -0.25) is 4.90 Å². The highest BCUT2D eigenvalue weighted by Crippen LogP contribution is 2.22. The minimum Gasteiger partial charge on any atom is -0.497 e. The average Bonchev–Trinajstić information content (AvgIpc) is 2.63. The van der Waals surface area contributed by atoms with Gasteiger partial charge in [0.05, 0.1) is 13.2 Å². The molecule has 3 rings (SSSR count). The second-order valence-electron chi connectivity index (χ2n) is 6.36. The Morgan fingerprint density at radius 1 is 1.00 bits per heavy atom. The van der Waals surface area contributed by atoms with Crippen molar-refractivity contribution in [2.45, 2.75) is 13.0 Å². The third kappa shape index (κ3) is 3.89. The Hall–Kier alpha value is -2.04. The van der Waals surface area contributed by atoms with E-state index in [1.165, 1.54) is 11.3 Å². The highest BCUT2D eigenvalue weighted by molar-refractivity contribution is 5.53. The molecule has 1 atom stereocenters. The molecular formula is C20H26N2O2. The van der Waals surface area contributed by atoms with Crippen molar-refractivity contribution < 1.29 is 9.84 Å². The van der Waals surface area contributed by atoms with Crippen molar-refractivity contribution in [3.8, 4) is 5.75 Å². The maximum absolute atomic E-state index is 10.5. The van der Waals surface area contributed by atoms with Crippen LogP contribution in [0.25, 0.3) is 0 Å². The van der Waals surface area contributed by atoms with E-state index in [9.17, 15) is 5.11 Å². The molecular weight excluding hydrogens is 300 g/mol. The van der Waals surface area contributed by atoms with Gasteiger partial charge in [-0.05, 0) is 36.2 Å². The summed E-state index contributed by atoms with van der Waals surface area (Å²) in [7, 11) is 1.65. The van der Waals surface area contributed by atoms with Gasteiger partial charge in [-0.1, -0.05) is 30.3 Å². The zero-order chi connectivity index (χ0) is 16.9. The molecule has 2 aromatic carbocycles. The summed E-state index contributed by atoms with van der Waals surface area (Å²) in [6, 6.07) is 16.2. The number of hydrogen-bond donors (Lipinski definition) is 1. The van der Waals surface area contributed by atoms with Gasteiger partial charge < -0.3 is 14.7 Å². The number of para-hydroxylation sites is 1. The Kier molecular flexibility index (Phi) is 5.38. The first-order chi connectivity index (χ1) is 11.7. The van der Waals surface area contributed by atoms with E-state index in [1.54, 1.807) is 7.11 Å².